The van der Waals surface area contributed by atoms with Gasteiger partial charge < -0.3 is 18.9 Å². The van der Waals surface area contributed by atoms with Crippen LogP contribution in [-0.2, 0) is 6.42 Å². The molecule has 0 aliphatic carbocycles. The molecule has 0 amide bonds. The summed E-state index contributed by atoms with van der Waals surface area (Å²) >= 11 is 0. The average Bonchev–Trinajstić information content (AvgIpc) is 2.60. The minimum Gasteiger partial charge on any atom is -0.497 e. The van der Waals surface area contributed by atoms with Gasteiger partial charge >= 0.3 is 0 Å². The second kappa shape index (κ2) is 6.02. The van der Waals surface area contributed by atoms with Gasteiger partial charge in [0.15, 0.2) is 11.5 Å². The summed E-state index contributed by atoms with van der Waals surface area (Å²) in [5, 5.41) is 0. The molecule has 0 bridgehead atoms. The Bertz CT molecular complexity index is 702. The summed E-state index contributed by atoms with van der Waals surface area (Å²) in [6, 6.07) is 11.6. The molecule has 1 aliphatic heterocycles. The minimum atomic E-state index is 0.664. The Morgan fingerprint density at radius 1 is 0.864 bits per heavy atom. The standard InChI is InChI=1S/C18H18O4/c1-19-14-7-4-12(5-8-14)15-9-6-13-10-17(20-2)18(21-3)11-16(13)22-15/h4-5,7-11H,6H2,1-3H3. The maximum absolute atomic E-state index is 6.02. The number of rotatable bonds is 4. The van der Waals surface area contributed by atoms with Crippen LogP contribution in [0.2, 0.25) is 0 Å². The fraction of sp³-hybridized carbons (Fsp3) is 0.222. The van der Waals surface area contributed by atoms with Gasteiger partial charge in [-0.1, -0.05) is 0 Å². The van der Waals surface area contributed by atoms with Crippen molar-refractivity contribution in [2.24, 2.45) is 0 Å². The molecule has 0 unspecified atom stereocenters. The second-order valence-corrected chi connectivity index (χ2v) is 4.92. The van der Waals surface area contributed by atoms with E-state index >= 15 is 0 Å². The molecule has 1 aliphatic rings. The Labute approximate surface area is 129 Å². The lowest BCUT2D eigenvalue weighted by Gasteiger charge is -2.20. The van der Waals surface area contributed by atoms with Crippen LogP contribution < -0.4 is 18.9 Å². The van der Waals surface area contributed by atoms with Gasteiger partial charge in [-0.2, -0.15) is 0 Å². The van der Waals surface area contributed by atoms with E-state index in [2.05, 4.69) is 6.08 Å². The molecule has 0 saturated heterocycles. The van der Waals surface area contributed by atoms with Gasteiger partial charge in [0.25, 0.3) is 0 Å². The predicted octanol–water partition coefficient (Wildman–Crippen LogP) is 3.69. The molecule has 114 valence electrons. The third-order valence-corrected chi connectivity index (χ3v) is 3.67. The van der Waals surface area contributed by atoms with E-state index in [1.54, 1.807) is 21.3 Å². The number of allylic oxidation sites excluding steroid dienone is 1. The Hall–Kier alpha value is -2.62. The normalized spacial score (nSPS) is 12.8. The molecule has 22 heavy (non-hydrogen) atoms. The van der Waals surface area contributed by atoms with Crippen LogP contribution in [0.15, 0.2) is 42.5 Å². The van der Waals surface area contributed by atoms with Gasteiger partial charge in [0.1, 0.15) is 17.3 Å². The predicted molar refractivity (Wildman–Crippen MR) is 84.8 cm³/mol. The highest BCUT2D eigenvalue weighted by Gasteiger charge is 2.18. The van der Waals surface area contributed by atoms with Crippen molar-refractivity contribution in [2.75, 3.05) is 21.3 Å². The summed E-state index contributed by atoms with van der Waals surface area (Å²) in [6.45, 7) is 0. The van der Waals surface area contributed by atoms with Crippen LogP contribution in [0.3, 0.4) is 0 Å². The smallest absolute Gasteiger partial charge is 0.164 e. The molecule has 3 rings (SSSR count). The van der Waals surface area contributed by atoms with E-state index in [1.807, 2.05) is 36.4 Å². The van der Waals surface area contributed by atoms with E-state index < -0.39 is 0 Å². The third-order valence-electron chi connectivity index (χ3n) is 3.67. The summed E-state index contributed by atoms with van der Waals surface area (Å²) in [6.07, 6.45) is 2.85. The topological polar surface area (TPSA) is 36.9 Å². The van der Waals surface area contributed by atoms with Crippen molar-refractivity contribution in [3.05, 3.63) is 53.6 Å². The zero-order chi connectivity index (χ0) is 15.5. The van der Waals surface area contributed by atoms with E-state index in [-0.39, 0.29) is 0 Å². The highest BCUT2D eigenvalue weighted by atomic mass is 16.5. The van der Waals surface area contributed by atoms with Crippen LogP contribution in [0.4, 0.5) is 0 Å². The first-order valence-electron chi connectivity index (χ1n) is 7.02. The van der Waals surface area contributed by atoms with Crippen molar-refractivity contribution >= 4 is 5.76 Å². The zero-order valence-electron chi connectivity index (χ0n) is 12.9. The molecule has 0 aromatic heterocycles. The monoisotopic (exact) mass is 298 g/mol. The SMILES string of the molecule is COc1ccc(C2=CCc3cc(OC)c(OC)cc3O2)cc1. The van der Waals surface area contributed by atoms with Crippen LogP contribution in [0.1, 0.15) is 11.1 Å². The Balaban J connectivity index is 1.90. The summed E-state index contributed by atoms with van der Waals surface area (Å²) in [5.74, 6) is 3.84. The summed E-state index contributed by atoms with van der Waals surface area (Å²) in [5.41, 5.74) is 2.09. The molecule has 0 saturated carbocycles. The zero-order valence-corrected chi connectivity index (χ0v) is 12.9. The van der Waals surface area contributed by atoms with Gasteiger partial charge in [-0.15, -0.1) is 0 Å². The van der Waals surface area contributed by atoms with Gasteiger partial charge in [0, 0.05) is 17.2 Å². The average molecular weight is 298 g/mol. The van der Waals surface area contributed by atoms with Crippen LogP contribution >= 0.6 is 0 Å². The highest BCUT2D eigenvalue weighted by molar-refractivity contribution is 5.67. The van der Waals surface area contributed by atoms with Crippen LogP contribution in [0.25, 0.3) is 5.76 Å². The number of methoxy groups -OCH3 is 3. The number of ether oxygens (including phenoxy) is 4. The van der Waals surface area contributed by atoms with Gasteiger partial charge in [0.05, 0.1) is 21.3 Å². The van der Waals surface area contributed by atoms with E-state index in [0.717, 1.165) is 34.8 Å². The molecule has 4 nitrogen and oxygen atoms in total. The van der Waals surface area contributed by atoms with Crippen LogP contribution in [0, 0.1) is 0 Å². The Morgan fingerprint density at radius 3 is 2.18 bits per heavy atom. The molecule has 2 aromatic rings. The van der Waals surface area contributed by atoms with Crippen molar-refractivity contribution in [3.63, 3.8) is 0 Å². The summed E-state index contributed by atoms with van der Waals surface area (Å²) in [7, 11) is 4.90. The molecule has 0 spiro atoms. The van der Waals surface area contributed by atoms with E-state index in [4.69, 9.17) is 18.9 Å². The van der Waals surface area contributed by atoms with Crippen molar-refractivity contribution in [3.8, 4) is 23.0 Å². The molecule has 0 atom stereocenters. The molecule has 4 heteroatoms. The van der Waals surface area contributed by atoms with Gasteiger partial charge in [-0.05, 0) is 42.8 Å². The van der Waals surface area contributed by atoms with Crippen LogP contribution in [-0.4, -0.2) is 21.3 Å². The molecule has 0 radical (unpaired) electrons. The van der Waals surface area contributed by atoms with Gasteiger partial charge in [-0.25, -0.2) is 0 Å². The molecule has 2 aromatic carbocycles. The van der Waals surface area contributed by atoms with Crippen molar-refractivity contribution in [1.82, 2.24) is 0 Å². The van der Waals surface area contributed by atoms with Gasteiger partial charge in [-0.3, -0.25) is 0 Å². The first-order valence-corrected chi connectivity index (χ1v) is 7.02. The maximum Gasteiger partial charge on any atom is 0.164 e. The Morgan fingerprint density at radius 2 is 1.55 bits per heavy atom. The van der Waals surface area contributed by atoms with Gasteiger partial charge in [0.2, 0.25) is 0 Å². The summed E-state index contributed by atoms with van der Waals surface area (Å²) < 4.78 is 21.9. The fourth-order valence-corrected chi connectivity index (χ4v) is 2.45. The number of hydrogen-bond donors (Lipinski definition) is 0. The molecular weight excluding hydrogens is 280 g/mol. The van der Waals surface area contributed by atoms with Crippen LogP contribution in [0.5, 0.6) is 23.0 Å². The lowest BCUT2D eigenvalue weighted by Crippen LogP contribution is -2.05. The second-order valence-electron chi connectivity index (χ2n) is 4.92. The number of fused-ring (bicyclic) bond motifs is 1. The van der Waals surface area contributed by atoms with E-state index in [1.165, 1.54) is 0 Å². The molecule has 0 fully saturated rings. The lowest BCUT2D eigenvalue weighted by molar-refractivity contribution is 0.351. The first-order chi connectivity index (χ1) is 10.7. The quantitative estimate of drug-likeness (QED) is 0.862. The number of benzene rings is 2. The van der Waals surface area contributed by atoms with Crippen molar-refractivity contribution < 1.29 is 18.9 Å². The minimum absolute atomic E-state index is 0.664. The molecule has 0 N–H and O–H groups in total. The van der Waals surface area contributed by atoms with E-state index in [9.17, 15) is 0 Å². The van der Waals surface area contributed by atoms with Crippen molar-refractivity contribution in [2.45, 2.75) is 6.42 Å². The third kappa shape index (κ3) is 2.60. The molecule has 1 heterocycles. The highest BCUT2D eigenvalue weighted by Crippen LogP contribution is 2.39. The maximum atomic E-state index is 6.02. The fourth-order valence-electron chi connectivity index (χ4n) is 2.45. The van der Waals surface area contributed by atoms with Crippen molar-refractivity contribution in [1.29, 1.82) is 0 Å². The summed E-state index contributed by atoms with van der Waals surface area (Å²) in [4.78, 5) is 0. The first kappa shape index (κ1) is 14.3. The lowest BCUT2D eigenvalue weighted by atomic mass is 10.0. The largest absolute Gasteiger partial charge is 0.497 e. The van der Waals surface area contributed by atoms with E-state index in [0.29, 0.717) is 11.5 Å². The Kier molecular flexibility index (Phi) is 3.92. The molecular formula is C18H18O4. The number of hydrogen-bond acceptors (Lipinski definition) is 4.